The van der Waals surface area contributed by atoms with Crippen LogP contribution in [0, 0.1) is 0 Å². The van der Waals surface area contributed by atoms with E-state index < -0.39 is 5.97 Å². The van der Waals surface area contributed by atoms with Crippen molar-refractivity contribution in [2.45, 2.75) is 25.7 Å². The SMILES string of the molecule is O=C1ON=C(c2ccccc2)/C1=C/C=C/c1cc2c3c(c1)CCCN3CCC2. The molecule has 2 aromatic rings. The molecule has 0 aromatic heterocycles. The molecule has 5 rings (SSSR count). The van der Waals surface area contributed by atoms with Gasteiger partial charge in [0.1, 0.15) is 5.71 Å². The highest BCUT2D eigenvalue weighted by Gasteiger charge is 2.26. The van der Waals surface area contributed by atoms with Crippen LogP contribution in [0.2, 0.25) is 0 Å². The van der Waals surface area contributed by atoms with Crippen LogP contribution in [0.15, 0.2) is 65.3 Å². The fourth-order valence-electron chi connectivity index (χ4n) is 4.42. The number of hydrogen-bond acceptors (Lipinski definition) is 4. The van der Waals surface area contributed by atoms with Gasteiger partial charge in [0.05, 0.1) is 5.57 Å². The third-order valence-electron chi connectivity index (χ3n) is 5.65. The molecule has 3 aliphatic rings. The number of hydrogen-bond donors (Lipinski definition) is 0. The number of carbonyl (C=O) groups excluding carboxylic acids is 1. The monoisotopic (exact) mass is 370 g/mol. The summed E-state index contributed by atoms with van der Waals surface area (Å²) < 4.78 is 0. The standard InChI is InChI=1S/C24H22N2O2/c27-24-21(22(25-28-24)18-8-2-1-3-9-18)12-4-7-17-15-19-10-5-13-26-14-6-11-20(16-17)23(19)26/h1-4,7-9,12,15-16H,5-6,10-11,13-14H2/b7-4+,21-12-. The maximum absolute atomic E-state index is 12.1. The highest BCUT2D eigenvalue weighted by molar-refractivity contribution is 6.29. The van der Waals surface area contributed by atoms with Crippen LogP contribution < -0.4 is 4.90 Å². The van der Waals surface area contributed by atoms with Gasteiger partial charge in [-0.2, -0.15) is 0 Å². The number of rotatable bonds is 3. The highest BCUT2D eigenvalue weighted by atomic mass is 16.7. The predicted octanol–water partition coefficient (Wildman–Crippen LogP) is 4.29. The van der Waals surface area contributed by atoms with Gasteiger partial charge in [-0.05, 0) is 60.6 Å². The van der Waals surface area contributed by atoms with Crippen molar-refractivity contribution in [1.29, 1.82) is 0 Å². The molecule has 140 valence electrons. The van der Waals surface area contributed by atoms with Gasteiger partial charge in [-0.15, -0.1) is 0 Å². The predicted molar refractivity (Wildman–Crippen MR) is 111 cm³/mol. The van der Waals surface area contributed by atoms with Crippen molar-refractivity contribution in [3.05, 3.63) is 82.4 Å². The lowest BCUT2D eigenvalue weighted by atomic mass is 9.90. The summed E-state index contributed by atoms with van der Waals surface area (Å²) >= 11 is 0. The highest BCUT2D eigenvalue weighted by Crippen LogP contribution is 2.36. The Balaban J connectivity index is 1.43. The minimum atomic E-state index is -0.403. The molecule has 0 saturated heterocycles. The molecule has 3 aliphatic heterocycles. The molecular formula is C24H22N2O2. The summed E-state index contributed by atoms with van der Waals surface area (Å²) in [6, 6.07) is 14.2. The Morgan fingerprint density at radius 2 is 1.71 bits per heavy atom. The van der Waals surface area contributed by atoms with E-state index in [0.29, 0.717) is 11.3 Å². The number of benzene rings is 2. The molecule has 0 N–H and O–H groups in total. The van der Waals surface area contributed by atoms with E-state index in [4.69, 9.17) is 4.84 Å². The van der Waals surface area contributed by atoms with E-state index in [1.165, 1.54) is 48.3 Å². The van der Waals surface area contributed by atoms with Gasteiger partial charge in [0.25, 0.3) is 0 Å². The van der Waals surface area contributed by atoms with E-state index in [-0.39, 0.29) is 0 Å². The van der Waals surface area contributed by atoms with Gasteiger partial charge >= 0.3 is 5.97 Å². The second-order valence-electron chi connectivity index (χ2n) is 7.51. The van der Waals surface area contributed by atoms with E-state index in [1.807, 2.05) is 36.4 Å². The molecule has 0 radical (unpaired) electrons. The van der Waals surface area contributed by atoms with Gasteiger partial charge in [0, 0.05) is 24.3 Å². The molecule has 0 aliphatic carbocycles. The molecule has 4 heteroatoms. The topological polar surface area (TPSA) is 41.9 Å². The van der Waals surface area contributed by atoms with Crippen LogP contribution in [0.4, 0.5) is 5.69 Å². The molecule has 0 atom stereocenters. The fourth-order valence-corrected chi connectivity index (χ4v) is 4.42. The van der Waals surface area contributed by atoms with Crippen LogP contribution in [0.25, 0.3) is 6.08 Å². The van der Waals surface area contributed by atoms with E-state index in [1.54, 1.807) is 6.08 Å². The van der Waals surface area contributed by atoms with Crippen molar-refractivity contribution >= 4 is 23.4 Å². The summed E-state index contributed by atoms with van der Waals surface area (Å²) in [6.07, 6.45) is 10.6. The van der Waals surface area contributed by atoms with Crippen molar-refractivity contribution in [3.63, 3.8) is 0 Å². The first-order chi connectivity index (χ1) is 13.8. The summed E-state index contributed by atoms with van der Waals surface area (Å²) in [5.41, 5.74) is 7.56. The molecule has 0 unspecified atom stereocenters. The van der Waals surface area contributed by atoms with Gasteiger partial charge < -0.3 is 9.74 Å². The summed E-state index contributed by atoms with van der Waals surface area (Å²) in [6.45, 7) is 2.37. The molecular weight excluding hydrogens is 348 g/mol. The van der Waals surface area contributed by atoms with Crippen molar-refractivity contribution in [1.82, 2.24) is 0 Å². The lowest BCUT2D eigenvalue weighted by Gasteiger charge is -2.37. The van der Waals surface area contributed by atoms with Gasteiger partial charge in [0.15, 0.2) is 0 Å². The molecule has 0 fully saturated rings. The lowest BCUT2D eigenvalue weighted by molar-refractivity contribution is -0.136. The Morgan fingerprint density at radius 3 is 2.43 bits per heavy atom. The molecule has 2 aromatic carbocycles. The Hall–Kier alpha value is -3.14. The summed E-state index contributed by atoms with van der Waals surface area (Å²) in [4.78, 5) is 19.5. The number of nitrogens with zero attached hydrogens (tertiary/aromatic N) is 2. The minimum absolute atomic E-state index is 0.403. The number of carbonyl (C=O) groups is 1. The first-order valence-corrected chi connectivity index (χ1v) is 9.94. The zero-order chi connectivity index (χ0) is 18.9. The second-order valence-corrected chi connectivity index (χ2v) is 7.51. The number of anilines is 1. The Kier molecular flexibility index (Phi) is 4.32. The van der Waals surface area contributed by atoms with Crippen LogP contribution in [-0.2, 0) is 22.5 Å². The molecule has 28 heavy (non-hydrogen) atoms. The van der Waals surface area contributed by atoms with Crippen molar-refractivity contribution in [2.24, 2.45) is 5.16 Å². The van der Waals surface area contributed by atoms with Gasteiger partial charge in [-0.3, -0.25) is 0 Å². The van der Waals surface area contributed by atoms with Crippen LogP contribution >= 0.6 is 0 Å². The van der Waals surface area contributed by atoms with Gasteiger partial charge in [-0.25, -0.2) is 4.79 Å². The van der Waals surface area contributed by atoms with Crippen LogP contribution in [-0.4, -0.2) is 24.8 Å². The van der Waals surface area contributed by atoms with E-state index in [2.05, 4.69) is 28.3 Å². The average molecular weight is 370 g/mol. The Labute approximate surface area is 164 Å². The molecule has 4 nitrogen and oxygen atoms in total. The van der Waals surface area contributed by atoms with Crippen molar-refractivity contribution in [2.75, 3.05) is 18.0 Å². The molecule has 0 bridgehead atoms. The lowest BCUT2D eigenvalue weighted by Crippen LogP contribution is -2.34. The van der Waals surface area contributed by atoms with E-state index in [0.717, 1.165) is 18.4 Å². The van der Waals surface area contributed by atoms with Crippen LogP contribution in [0.5, 0.6) is 0 Å². The van der Waals surface area contributed by atoms with Crippen molar-refractivity contribution < 1.29 is 9.63 Å². The first kappa shape index (κ1) is 17.0. The zero-order valence-corrected chi connectivity index (χ0v) is 15.7. The average Bonchev–Trinajstić information content (AvgIpc) is 3.10. The zero-order valence-electron chi connectivity index (χ0n) is 15.7. The smallest absolute Gasteiger partial charge is 0.368 e. The first-order valence-electron chi connectivity index (χ1n) is 9.94. The molecule has 0 amide bonds. The van der Waals surface area contributed by atoms with Gasteiger partial charge in [0.2, 0.25) is 0 Å². The normalized spacial score (nSPS) is 19.7. The van der Waals surface area contributed by atoms with Crippen molar-refractivity contribution in [3.8, 4) is 0 Å². The summed E-state index contributed by atoms with van der Waals surface area (Å²) in [7, 11) is 0. The maximum atomic E-state index is 12.1. The summed E-state index contributed by atoms with van der Waals surface area (Å²) in [5, 5.41) is 3.95. The second kappa shape index (κ2) is 7.12. The van der Waals surface area contributed by atoms with Crippen LogP contribution in [0.1, 0.15) is 35.1 Å². The fraction of sp³-hybridized carbons (Fsp3) is 0.250. The Bertz CT molecular complexity index is 987. The summed E-state index contributed by atoms with van der Waals surface area (Å²) in [5.74, 6) is -0.403. The van der Waals surface area contributed by atoms with Crippen LogP contribution in [0.3, 0.4) is 0 Å². The quantitative estimate of drug-likeness (QED) is 0.598. The molecule has 3 heterocycles. The maximum Gasteiger partial charge on any atom is 0.368 e. The van der Waals surface area contributed by atoms with E-state index >= 15 is 0 Å². The molecule has 0 spiro atoms. The third-order valence-corrected chi connectivity index (χ3v) is 5.65. The molecule has 0 saturated carbocycles. The largest absolute Gasteiger partial charge is 0.371 e. The number of aryl methyl sites for hydroxylation is 2. The Morgan fingerprint density at radius 1 is 1.00 bits per heavy atom. The van der Waals surface area contributed by atoms with E-state index in [9.17, 15) is 4.79 Å². The number of oxime groups is 1. The number of allylic oxidation sites excluding steroid dienone is 2. The van der Waals surface area contributed by atoms with Gasteiger partial charge in [-0.1, -0.05) is 47.6 Å². The minimum Gasteiger partial charge on any atom is -0.371 e. The third kappa shape index (κ3) is 3.05.